The molecule has 0 unspecified atom stereocenters. The molecule has 15 heavy (non-hydrogen) atoms. The van der Waals surface area contributed by atoms with Gasteiger partial charge in [0.15, 0.2) is 6.29 Å². The average molecular weight is 227 g/mol. The van der Waals surface area contributed by atoms with Crippen LogP contribution in [0.4, 0.5) is 5.82 Å². The van der Waals surface area contributed by atoms with Gasteiger partial charge < -0.3 is 5.32 Å². The number of aldehydes is 1. The molecule has 0 aliphatic heterocycles. The smallest absolute Gasteiger partial charge is 0.153 e. The minimum absolute atomic E-state index is 0.328. The average Bonchev–Trinajstić information content (AvgIpc) is 2.26. The molecule has 4 heteroatoms. The molecule has 82 valence electrons. The predicted molar refractivity (Wildman–Crippen MR) is 62.6 cm³/mol. The van der Waals surface area contributed by atoms with Crippen LogP contribution in [0.25, 0.3) is 0 Å². The van der Waals surface area contributed by atoms with Gasteiger partial charge in [-0.15, -0.1) is 0 Å². The first-order valence-corrected chi connectivity index (χ1v) is 5.47. The van der Waals surface area contributed by atoms with Crippen LogP contribution in [0, 0.1) is 0 Å². The van der Waals surface area contributed by atoms with Crippen molar-refractivity contribution in [2.45, 2.75) is 32.7 Å². The number of aromatic nitrogens is 1. The standard InChI is InChI=1S/C11H15ClN2O/c1-3-9(4-2)13-11-8(7-15)5-6-10(12)14-11/h5-7,9H,3-4H2,1-2H3,(H,13,14). The van der Waals surface area contributed by atoms with Gasteiger partial charge in [0.1, 0.15) is 11.0 Å². The number of nitrogens with one attached hydrogen (secondary N) is 1. The van der Waals surface area contributed by atoms with Crippen LogP contribution < -0.4 is 5.32 Å². The Balaban J connectivity index is 2.90. The predicted octanol–water partition coefficient (Wildman–Crippen LogP) is 3.15. The largest absolute Gasteiger partial charge is 0.367 e. The van der Waals surface area contributed by atoms with E-state index in [9.17, 15) is 4.79 Å². The van der Waals surface area contributed by atoms with Crippen molar-refractivity contribution in [2.24, 2.45) is 0 Å². The number of hydrogen-bond acceptors (Lipinski definition) is 3. The lowest BCUT2D eigenvalue weighted by Gasteiger charge is -2.16. The van der Waals surface area contributed by atoms with Crippen LogP contribution >= 0.6 is 11.6 Å². The van der Waals surface area contributed by atoms with Crippen LogP contribution in [0.15, 0.2) is 12.1 Å². The third-order valence-corrected chi connectivity index (χ3v) is 2.56. The van der Waals surface area contributed by atoms with Gasteiger partial charge in [-0.3, -0.25) is 4.79 Å². The topological polar surface area (TPSA) is 42.0 Å². The van der Waals surface area contributed by atoms with Crippen molar-refractivity contribution < 1.29 is 4.79 Å². The summed E-state index contributed by atoms with van der Waals surface area (Å²) in [6.07, 6.45) is 2.76. The third-order valence-electron chi connectivity index (χ3n) is 2.35. The molecule has 0 aromatic carbocycles. The van der Waals surface area contributed by atoms with Gasteiger partial charge >= 0.3 is 0 Å². The molecule has 1 aromatic heterocycles. The van der Waals surface area contributed by atoms with Crippen molar-refractivity contribution in [3.8, 4) is 0 Å². The molecule has 0 atom stereocenters. The van der Waals surface area contributed by atoms with E-state index >= 15 is 0 Å². The minimum atomic E-state index is 0.328. The van der Waals surface area contributed by atoms with Crippen molar-refractivity contribution in [3.63, 3.8) is 0 Å². The molecule has 0 aliphatic rings. The zero-order valence-corrected chi connectivity index (χ0v) is 9.71. The Morgan fingerprint density at radius 1 is 1.47 bits per heavy atom. The summed E-state index contributed by atoms with van der Waals surface area (Å²) in [7, 11) is 0. The van der Waals surface area contributed by atoms with Gasteiger partial charge in [-0.1, -0.05) is 25.4 Å². The molecule has 0 saturated heterocycles. The van der Waals surface area contributed by atoms with Crippen LogP contribution in [0.1, 0.15) is 37.0 Å². The summed E-state index contributed by atoms with van der Waals surface area (Å²) >= 11 is 5.78. The summed E-state index contributed by atoms with van der Waals surface area (Å²) in [6.45, 7) is 4.18. The Kier molecular flexibility index (Phi) is 4.56. The van der Waals surface area contributed by atoms with Gasteiger partial charge in [-0.25, -0.2) is 4.98 Å². The normalized spacial score (nSPS) is 10.4. The van der Waals surface area contributed by atoms with Gasteiger partial charge in [0.2, 0.25) is 0 Å². The van der Waals surface area contributed by atoms with Crippen molar-refractivity contribution in [2.75, 3.05) is 5.32 Å². The number of carbonyl (C=O) groups excluding carboxylic acids is 1. The van der Waals surface area contributed by atoms with E-state index in [0.717, 1.165) is 19.1 Å². The van der Waals surface area contributed by atoms with Crippen LogP contribution in [0.3, 0.4) is 0 Å². The molecule has 1 N–H and O–H groups in total. The van der Waals surface area contributed by atoms with Crippen LogP contribution in [0.2, 0.25) is 5.15 Å². The van der Waals surface area contributed by atoms with Gasteiger partial charge in [-0.05, 0) is 25.0 Å². The highest BCUT2D eigenvalue weighted by Gasteiger charge is 2.08. The highest BCUT2D eigenvalue weighted by atomic mass is 35.5. The Morgan fingerprint density at radius 3 is 2.67 bits per heavy atom. The molecule has 0 amide bonds. The van der Waals surface area contributed by atoms with E-state index in [1.54, 1.807) is 12.1 Å². The van der Waals surface area contributed by atoms with E-state index in [1.165, 1.54) is 0 Å². The second-order valence-corrected chi connectivity index (χ2v) is 3.73. The maximum Gasteiger partial charge on any atom is 0.153 e. The number of halogens is 1. The Bertz CT molecular complexity index is 337. The minimum Gasteiger partial charge on any atom is -0.367 e. The summed E-state index contributed by atoms with van der Waals surface area (Å²) in [5, 5.41) is 3.61. The first kappa shape index (κ1) is 12.0. The molecular weight excluding hydrogens is 212 g/mol. The monoisotopic (exact) mass is 226 g/mol. The van der Waals surface area contributed by atoms with E-state index in [0.29, 0.717) is 22.6 Å². The second kappa shape index (κ2) is 5.71. The van der Waals surface area contributed by atoms with Gasteiger partial charge in [0.05, 0.1) is 5.56 Å². The quantitative estimate of drug-likeness (QED) is 0.620. The lowest BCUT2D eigenvalue weighted by atomic mass is 10.1. The van der Waals surface area contributed by atoms with E-state index in [1.807, 2.05) is 0 Å². The lowest BCUT2D eigenvalue weighted by Crippen LogP contribution is -2.19. The Hall–Kier alpha value is -1.09. The highest BCUT2D eigenvalue weighted by Crippen LogP contribution is 2.17. The summed E-state index contributed by atoms with van der Waals surface area (Å²) in [5.41, 5.74) is 0.548. The van der Waals surface area contributed by atoms with Crippen LogP contribution in [-0.4, -0.2) is 17.3 Å². The molecule has 0 radical (unpaired) electrons. The van der Waals surface area contributed by atoms with Crippen molar-refractivity contribution >= 4 is 23.7 Å². The van der Waals surface area contributed by atoms with Crippen LogP contribution in [0.5, 0.6) is 0 Å². The Labute approximate surface area is 94.9 Å². The molecule has 1 heterocycles. The maximum atomic E-state index is 10.8. The maximum absolute atomic E-state index is 10.8. The summed E-state index contributed by atoms with van der Waals surface area (Å²) in [4.78, 5) is 14.9. The molecule has 3 nitrogen and oxygen atoms in total. The fourth-order valence-electron chi connectivity index (χ4n) is 1.34. The number of carbonyl (C=O) groups is 1. The molecule has 1 rings (SSSR count). The zero-order chi connectivity index (χ0) is 11.3. The molecule has 0 fully saturated rings. The van der Waals surface area contributed by atoms with E-state index in [4.69, 9.17) is 11.6 Å². The van der Waals surface area contributed by atoms with Gasteiger partial charge in [0, 0.05) is 6.04 Å². The summed E-state index contributed by atoms with van der Waals surface area (Å²) in [6, 6.07) is 3.62. The summed E-state index contributed by atoms with van der Waals surface area (Å²) in [5.74, 6) is 0.575. The number of nitrogens with zero attached hydrogens (tertiary/aromatic N) is 1. The molecular formula is C11H15ClN2O. The molecule has 0 aliphatic carbocycles. The van der Waals surface area contributed by atoms with Gasteiger partial charge in [-0.2, -0.15) is 0 Å². The number of rotatable bonds is 5. The first-order valence-electron chi connectivity index (χ1n) is 5.09. The van der Waals surface area contributed by atoms with Crippen LogP contribution in [-0.2, 0) is 0 Å². The molecule has 1 aromatic rings. The fourth-order valence-corrected chi connectivity index (χ4v) is 1.49. The molecule has 0 bridgehead atoms. The summed E-state index contributed by atoms with van der Waals surface area (Å²) < 4.78 is 0. The van der Waals surface area contributed by atoms with E-state index < -0.39 is 0 Å². The van der Waals surface area contributed by atoms with E-state index in [2.05, 4.69) is 24.1 Å². The fraction of sp³-hybridized carbons (Fsp3) is 0.455. The van der Waals surface area contributed by atoms with Crippen molar-refractivity contribution in [1.82, 2.24) is 4.98 Å². The van der Waals surface area contributed by atoms with Gasteiger partial charge in [0.25, 0.3) is 0 Å². The van der Waals surface area contributed by atoms with E-state index in [-0.39, 0.29) is 0 Å². The SMILES string of the molecule is CCC(CC)Nc1nc(Cl)ccc1C=O. The highest BCUT2D eigenvalue weighted by molar-refractivity contribution is 6.29. The molecule has 0 saturated carbocycles. The molecule has 0 spiro atoms. The van der Waals surface area contributed by atoms with Crippen molar-refractivity contribution in [3.05, 3.63) is 22.8 Å². The third kappa shape index (κ3) is 3.20. The first-order chi connectivity index (χ1) is 7.21. The number of hydrogen-bond donors (Lipinski definition) is 1. The Morgan fingerprint density at radius 2 is 2.13 bits per heavy atom. The lowest BCUT2D eigenvalue weighted by molar-refractivity contribution is 0.112. The zero-order valence-electron chi connectivity index (χ0n) is 8.96. The number of anilines is 1. The number of pyridine rings is 1. The van der Waals surface area contributed by atoms with Crippen molar-refractivity contribution in [1.29, 1.82) is 0 Å². The second-order valence-electron chi connectivity index (χ2n) is 3.35.